The number of carbonyl (C=O) groups excluding carboxylic acids is 1. The highest BCUT2D eigenvalue weighted by molar-refractivity contribution is 7.74. The van der Waals surface area contributed by atoms with E-state index in [1.54, 1.807) is 0 Å². The van der Waals surface area contributed by atoms with E-state index in [-0.39, 0.29) is 0 Å². The van der Waals surface area contributed by atoms with Gasteiger partial charge in [0.15, 0.2) is 0 Å². The largest absolute Gasteiger partial charge is 0.444 e. The Morgan fingerprint density at radius 2 is 1.74 bits per heavy atom. The van der Waals surface area contributed by atoms with E-state index in [0.29, 0.717) is 0 Å². The van der Waals surface area contributed by atoms with Crippen molar-refractivity contribution in [2.45, 2.75) is 38.5 Å². The van der Waals surface area contributed by atoms with Crippen LogP contribution in [0.2, 0.25) is 0 Å². The second-order valence-electron chi connectivity index (χ2n) is 5.18. The van der Waals surface area contributed by atoms with E-state index in [1.807, 2.05) is 0 Å². The molecule has 4 nitrogen and oxygen atoms in total. The standard InChI is InChI=1S/C14H17N2O2S/c1-19(18)16-14(17)15-13-11-6-2-4-9(11)8-10-5-3-7-12(10)13/h8H,2-7H2,1H3,(H,15,17)/q-1. The van der Waals surface area contributed by atoms with E-state index < -0.39 is 16.6 Å². The van der Waals surface area contributed by atoms with Crippen LogP contribution in [0.3, 0.4) is 0 Å². The summed E-state index contributed by atoms with van der Waals surface area (Å²) in [6.07, 6.45) is 7.95. The summed E-state index contributed by atoms with van der Waals surface area (Å²) in [5.41, 5.74) is 6.24. The first-order valence-electron chi connectivity index (χ1n) is 6.68. The molecule has 1 aromatic carbocycles. The van der Waals surface area contributed by atoms with E-state index >= 15 is 0 Å². The van der Waals surface area contributed by atoms with Crippen LogP contribution in [-0.2, 0) is 40.5 Å². The number of anilines is 1. The first-order chi connectivity index (χ1) is 9.15. The molecule has 0 heterocycles. The van der Waals surface area contributed by atoms with Crippen molar-refractivity contribution in [3.05, 3.63) is 28.3 Å². The number of hydrogen-bond acceptors (Lipinski definition) is 3. The van der Waals surface area contributed by atoms with Crippen LogP contribution in [0, 0.1) is 0 Å². The lowest BCUT2D eigenvalue weighted by atomic mass is 9.99. The Kier molecular flexibility index (Phi) is 3.31. The van der Waals surface area contributed by atoms with E-state index in [1.165, 1.54) is 28.5 Å². The normalized spacial score (nSPS) is 18.2. The molecule has 0 aliphatic heterocycles. The molecule has 2 aliphatic rings. The molecule has 1 aromatic rings. The van der Waals surface area contributed by atoms with Crippen LogP contribution in [0.1, 0.15) is 35.1 Å². The van der Waals surface area contributed by atoms with Crippen molar-refractivity contribution in [2.24, 2.45) is 4.36 Å². The van der Waals surface area contributed by atoms with Gasteiger partial charge in [-0.1, -0.05) is 6.07 Å². The van der Waals surface area contributed by atoms with Gasteiger partial charge in [0.2, 0.25) is 0 Å². The number of urea groups is 1. The molecule has 2 aliphatic carbocycles. The molecule has 1 N–H and O–H groups in total. The summed E-state index contributed by atoms with van der Waals surface area (Å²) in [6.45, 7) is 0. The SMILES string of the molecule is C[S-](=O)=NC(=O)Nc1c2c(cc3c1CCC3)CCC2. The maximum absolute atomic E-state index is 11.8. The Morgan fingerprint density at radius 1 is 1.16 bits per heavy atom. The fraction of sp³-hybridized carbons (Fsp3) is 0.500. The molecule has 0 bridgehead atoms. The summed E-state index contributed by atoms with van der Waals surface area (Å²) in [5.74, 6) is 0. The zero-order valence-electron chi connectivity index (χ0n) is 11.0. The van der Waals surface area contributed by atoms with Gasteiger partial charge in [-0.3, -0.25) is 0 Å². The monoisotopic (exact) mass is 277 g/mol. The first-order valence-corrected chi connectivity index (χ1v) is 8.19. The summed E-state index contributed by atoms with van der Waals surface area (Å²) in [4.78, 5) is 11.8. The summed E-state index contributed by atoms with van der Waals surface area (Å²) in [5, 5.41) is 2.88. The van der Waals surface area contributed by atoms with Crippen LogP contribution >= 0.6 is 0 Å². The van der Waals surface area contributed by atoms with Crippen molar-refractivity contribution in [2.75, 3.05) is 11.6 Å². The van der Waals surface area contributed by atoms with Crippen molar-refractivity contribution in [1.82, 2.24) is 0 Å². The molecule has 3 rings (SSSR count). The Hall–Kier alpha value is -1.36. The minimum absolute atomic E-state index is 0.491. The summed E-state index contributed by atoms with van der Waals surface area (Å²) in [6, 6.07) is 1.82. The molecular formula is C14H17N2O2S-. The molecule has 19 heavy (non-hydrogen) atoms. The van der Waals surface area contributed by atoms with Crippen molar-refractivity contribution in [1.29, 1.82) is 0 Å². The average molecular weight is 277 g/mol. The fourth-order valence-electron chi connectivity index (χ4n) is 3.21. The average Bonchev–Trinajstić information content (AvgIpc) is 2.94. The van der Waals surface area contributed by atoms with Crippen LogP contribution < -0.4 is 5.32 Å². The van der Waals surface area contributed by atoms with E-state index in [2.05, 4.69) is 15.7 Å². The van der Waals surface area contributed by atoms with E-state index in [4.69, 9.17) is 0 Å². The highest BCUT2D eigenvalue weighted by Gasteiger charge is 2.24. The number of hydrogen-bond donors (Lipinski definition) is 1. The van der Waals surface area contributed by atoms with Crippen LogP contribution in [0.25, 0.3) is 0 Å². The minimum Gasteiger partial charge on any atom is -0.444 e. The Balaban J connectivity index is 2.03. The highest BCUT2D eigenvalue weighted by Crippen LogP contribution is 2.38. The van der Waals surface area contributed by atoms with Gasteiger partial charge in [-0.2, -0.15) is 10.6 Å². The number of benzene rings is 1. The summed E-state index contributed by atoms with van der Waals surface area (Å²) in [7, 11) is -1.45. The predicted molar refractivity (Wildman–Crippen MR) is 75.9 cm³/mol. The Bertz CT molecular complexity index is 599. The smallest absolute Gasteiger partial charge is 0.322 e. The lowest BCUT2D eigenvalue weighted by molar-refractivity contribution is 0.260. The minimum atomic E-state index is -1.45. The van der Waals surface area contributed by atoms with Crippen LogP contribution in [-0.4, -0.2) is 12.3 Å². The van der Waals surface area contributed by atoms with Gasteiger partial charge in [0, 0.05) is 5.69 Å². The molecule has 0 radical (unpaired) electrons. The van der Waals surface area contributed by atoms with Gasteiger partial charge in [-0.15, -0.1) is 6.26 Å². The van der Waals surface area contributed by atoms with Gasteiger partial charge in [-0.05, 0) is 60.8 Å². The van der Waals surface area contributed by atoms with Crippen LogP contribution in [0.15, 0.2) is 10.4 Å². The number of aryl methyl sites for hydroxylation is 2. The molecule has 2 amide bonds. The first kappa shape index (κ1) is 12.7. The molecule has 0 spiro atoms. The lowest BCUT2D eigenvalue weighted by Crippen LogP contribution is -2.11. The maximum atomic E-state index is 11.8. The number of nitrogens with one attached hydrogen (secondary N) is 1. The lowest BCUT2D eigenvalue weighted by Gasteiger charge is -2.15. The third-order valence-corrected chi connectivity index (χ3v) is 4.34. The van der Waals surface area contributed by atoms with E-state index in [9.17, 15) is 9.00 Å². The maximum Gasteiger partial charge on any atom is 0.322 e. The molecule has 0 fully saturated rings. The fourth-order valence-corrected chi connectivity index (χ4v) is 3.49. The Labute approximate surface area is 114 Å². The van der Waals surface area contributed by atoms with Gasteiger partial charge in [0.25, 0.3) is 0 Å². The quantitative estimate of drug-likeness (QED) is 0.802. The molecule has 0 unspecified atom stereocenters. The van der Waals surface area contributed by atoms with Crippen molar-refractivity contribution in [3.8, 4) is 0 Å². The van der Waals surface area contributed by atoms with Gasteiger partial charge in [0.05, 0.1) is 0 Å². The summed E-state index contributed by atoms with van der Waals surface area (Å²) < 4.78 is 14.5. The molecule has 0 atom stereocenters. The number of carbonyl (C=O) groups is 1. The second-order valence-corrected chi connectivity index (χ2v) is 6.21. The summed E-state index contributed by atoms with van der Waals surface area (Å²) >= 11 is 0. The predicted octanol–water partition coefficient (Wildman–Crippen LogP) is 2.97. The van der Waals surface area contributed by atoms with Crippen LogP contribution in [0.5, 0.6) is 0 Å². The number of amides is 2. The van der Waals surface area contributed by atoms with Gasteiger partial charge in [-0.25, -0.2) is 4.79 Å². The second kappa shape index (κ2) is 4.96. The number of rotatable bonds is 1. The third kappa shape index (κ3) is 2.39. The van der Waals surface area contributed by atoms with Gasteiger partial charge >= 0.3 is 6.03 Å². The molecular weight excluding hydrogens is 260 g/mol. The number of nitrogens with zero attached hydrogens (tertiary/aromatic N) is 1. The zero-order valence-corrected chi connectivity index (χ0v) is 11.8. The van der Waals surface area contributed by atoms with Crippen LogP contribution in [0.4, 0.5) is 10.5 Å². The molecule has 0 saturated heterocycles. The van der Waals surface area contributed by atoms with Crippen molar-refractivity contribution >= 4 is 22.3 Å². The van der Waals surface area contributed by atoms with Crippen molar-refractivity contribution in [3.63, 3.8) is 0 Å². The Morgan fingerprint density at radius 3 is 2.26 bits per heavy atom. The third-order valence-electron chi connectivity index (χ3n) is 3.92. The van der Waals surface area contributed by atoms with Gasteiger partial charge < -0.3 is 13.9 Å². The molecule has 0 saturated carbocycles. The van der Waals surface area contributed by atoms with E-state index in [0.717, 1.165) is 44.2 Å². The topological polar surface area (TPSA) is 58.5 Å². The molecule has 0 aromatic heterocycles. The molecule has 102 valence electrons. The van der Waals surface area contributed by atoms with Gasteiger partial charge in [0.1, 0.15) is 0 Å². The molecule has 5 heteroatoms. The van der Waals surface area contributed by atoms with Crippen molar-refractivity contribution < 1.29 is 9.00 Å². The highest BCUT2D eigenvalue weighted by atomic mass is 32.2. The zero-order chi connectivity index (χ0) is 13.4. The number of fused-ring (bicyclic) bond motifs is 2.